The first-order valence-electron chi connectivity index (χ1n) is 10.3. The maximum atomic E-state index is 13.0. The molecule has 31 heavy (non-hydrogen) atoms. The second-order valence-corrected chi connectivity index (χ2v) is 7.85. The van der Waals surface area contributed by atoms with Crippen LogP contribution in [0.2, 0.25) is 0 Å². The predicted octanol–water partition coefficient (Wildman–Crippen LogP) is 4.76. The zero-order valence-electron chi connectivity index (χ0n) is 17.6. The van der Waals surface area contributed by atoms with Crippen LogP contribution in [0.15, 0.2) is 64.8 Å². The quantitative estimate of drug-likeness (QED) is 0.653. The monoisotopic (exact) mass is 421 g/mol. The van der Waals surface area contributed by atoms with E-state index in [0.29, 0.717) is 30.1 Å². The average molecular weight is 421 g/mol. The maximum Gasteiger partial charge on any atom is 0.315 e. The lowest BCUT2D eigenvalue weighted by Crippen LogP contribution is -2.36. The summed E-state index contributed by atoms with van der Waals surface area (Å²) in [5.74, 6) is -1.03. The van der Waals surface area contributed by atoms with E-state index in [1.807, 2.05) is 31.2 Å². The Morgan fingerprint density at radius 3 is 2.48 bits per heavy atom. The topological polar surface area (TPSA) is 65.0 Å². The summed E-state index contributed by atoms with van der Waals surface area (Å²) in [5.41, 5.74) is 3.80. The molecule has 2 aromatic rings. The van der Waals surface area contributed by atoms with Crippen molar-refractivity contribution in [2.24, 2.45) is 10.9 Å². The molecule has 0 N–H and O–H groups in total. The standard InChI is InChI=1S/C25H24FNO4/c1-15-22(25(29)30-2)23(24-20(27-15)4-3-5-21(24)28)17-8-12-19(13-9-17)31-14-16-6-10-18(26)11-7-16/h6-13,22-23H,3-5,14H2,1-2H3/t22?,23-/m1/s1. The van der Waals surface area contributed by atoms with Crippen LogP contribution in [0.25, 0.3) is 0 Å². The molecule has 2 atom stereocenters. The van der Waals surface area contributed by atoms with Crippen molar-refractivity contribution >= 4 is 17.5 Å². The van der Waals surface area contributed by atoms with E-state index in [1.165, 1.54) is 19.2 Å². The van der Waals surface area contributed by atoms with Gasteiger partial charge < -0.3 is 9.47 Å². The predicted molar refractivity (Wildman–Crippen MR) is 114 cm³/mol. The molecule has 160 valence electrons. The number of halogens is 1. The average Bonchev–Trinajstić information content (AvgIpc) is 2.78. The first-order chi connectivity index (χ1) is 15.0. The second kappa shape index (κ2) is 8.84. The fourth-order valence-electron chi connectivity index (χ4n) is 4.32. The Kier molecular flexibility index (Phi) is 5.98. The summed E-state index contributed by atoms with van der Waals surface area (Å²) in [4.78, 5) is 30.0. The third-order valence-corrected chi connectivity index (χ3v) is 5.85. The van der Waals surface area contributed by atoms with Crippen LogP contribution in [0.1, 0.15) is 43.2 Å². The van der Waals surface area contributed by atoms with Gasteiger partial charge in [0.05, 0.1) is 7.11 Å². The number of Topliss-reactive ketones (excluding diaryl/α,β-unsaturated/α-hetero) is 1. The molecular weight excluding hydrogens is 397 g/mol. The van der Waals surface area contributed by atoms with E-state index in [2.05, 4.69) is 4.99 Å². The number of allylic oxidation sites excluding steroid dienone is 2. The van der Waals surface area contributed by atoms with Gasteiger partial charge in [0.25, 0.3) is 0 Å². The van der Waals surface area contributed by atoms with Crippen molar-refractivity contribution in [2.45, 2.75) is 38.7 Å². The molecule has 0 bridgehead atoms. The molecule has 1 aliphatic heterocycles. The number of hydrogen-bond donors (Lipinski definition) is 0. The highest BCUT2D eigenvalue weighted by atomic mass is 19.1. The summed E-state index contributed by atoms with van der Waals surface area (Å²) in [6.07, 6.45) is 1.98. The molecule has 5 nitrogen and oxygen atoms in total. The second-order valence-electron chi connectivity index (χ2n) is 7.85. The molecule has 0 aromatic heterocycles. The molecule has 1 unspecified atom stereocenters. The molecule has 0 fully saturated rings. The zero-order chi connectivity index (χ0) is 22.0. The van der Waals surface area contributed by atoms with Crippen LogP contribution in [0.3, 0.4) is 0 Å². The van der Waals surface area contributed by atoms with Crippen molar-refractivity contribution in [3.63, 3.8) is 0 Å². The van der Waals surface area contributed by atoms with Crippen LogP contribution in [-0.2, 0) is 20.9 Å². The van der Waals surface area contributed by atoms with Crippen LogP contribution in [-0.4, -0.2) is 24.6 Å². The van der Waals surface area contributed by atoms with Gasteiger partial charge in [-0.05, 0) is 55.2 Å². The molecule has 2 aromatic carbocycles. The number of nitrogens with zero attached hydrogens (tertiary/aromatic N) is 1. The highest BCUT2D eigenvalue weighted by Gasteiger charge is 2.42. The van der Waals surface area contributed by atoms with Gasteiger partial charge in [-0.3, -0.25) is 14.6 Å². The highest BCUT2D eigenvalue weighted by Crippen LogP contribution is 2.43. The smallest absolute Gasteiger partial charge is 0.315 e. The molecule has 1 heterocycles. The van der Waals surface area contributed by atoms with Gasteiger partial charge in [-0.25, -0.2) is 4.39 Å². The van der Waals surface area contributed by atoms with Gasteiger partial charge in [0.15, 0.2) is 5.78 Å². The van der Waals surface area contributed by atoms with Crippen molar-refractivity contribution in [1.82, 2.24) is 0 Å². The van der Waals surface area contributed by atoms with Gasteiger partial charge in [-0.2, -0.15) is 0 Å². The molecule has 0 saturated heterocycles. The largest absolute Gasteiger partial charge is 0.489 e. The normalized spacial score (nSPS) is 20.7. The van der Waals surface area contributed by atoms with Gasteiger partial charge in [-0.15, -0.1) is 0 Å². The number of rotatable bonds is 5. The van der Waals surface area contributed by atoms with Crippen molar-refractivity contribution in [1.29, 1.82) is 0 Å². The van der Waals surface area contributed by atoms with Gasteiger partial charge in [-0.1, -0.05) is 24.3 Å². The lowest BCUT2D eigenvalue weighted by Gasteiger charge is -2.34. The number of carbonyl (C=O) groups is 2. The SMILES string of the molecule is COC(=O)C1C(C)=NC2=C(C(=O)CCC2)[C@@H]1c1ccc(OCc2ccc(F)cc2)cc1. The molecule has 6 heteroatoms. The third-order valence-electron chi connectivity index (χ3n) is 5.85. The number of ether oxygens (including phenoxy) is 2. The van der Waals surface area contributed by atoms with Crippen LogP contribution in [0.4, 0.5) is 4.39 Å². The number of ketones is 1. The van der Waals surface area contributed by atoms with Crippen molar-refractivity contribution in [2.75, 3.05) is 7.11 Å². The zero-order valence-corrected chi connectivity index (χ0v) is 17.6. The van der Waals surface area contributed by atoms with Crippen LogP contribution in [0.5, 0.6) is 5.75 Å². The van der Waals surface area contributed by atoms with E-state index in [0.717, 1.165) is 29.7 Å². The lowest BCUT2D eigenvalue weighted by atomic mass is 9.72. The fraction of sp³-hybridized carbons (Fsp3) is 0.320. The summed E-state index contributed by atoms with van der Waals surface area (Å²) in [6.45, 7) is 2.13. The molecule has 0 spiro atoms. The third kappa shape index (κ3) is 4.29. The molecule has 1 aliphatic carbocycles. The molecular formula is C25H24FNO4. The number of benzene rings is 2. The molecule has 0 amide bonds. The first kappa shape index (κ1) is 21.0. The van der Waals surface area contributed by atoms with E-state index in [4.69, 9.17) is 9.47 Å². The maximum absolute atomic E-state index is 13.0. The Bertz CT molecular complexity index is 1050. The number of hydrogen-bond acceptors (Lipinski definition) is 5. The first-order valence-corrected chi connectivity index (χ1v) is 10.3. The van der Waals surface area contributed by atoms with Crippen molar-refractivity contribution in [3.8, 4) is 5.75 Å². The van der Waals surface area contributed by atoms with E-state index in [-0.39, 0.29) is 11.6 Å². The molecule has 0 saturated carbocycles. The Balaban J connectivity index is 1.61. The minimum absolute atomic E-state index is 0.0491. The van der Waals surface area contributed by atoms with Gasteiger partial charge in [0, 0.05) is 29.3 Å². The van der Waals surface area contributed by atoms with E-state index in [1.54, 1.807) is 12.1 Å². The minimum Gasteiger partial charge on any atom is -0.489 e. The summed E-state index contributed by atoms with van der Waals surface area (Å²) < 4.78 is 23.9. The van der Waals surface area contributed by atoms with Gasteiger partial charge in [0.1, 0.15) is 24.1 Å². The lowest BCUT2D eigenvalue weighted by molar-refractivity contribution is -0.143. The summed E-state index contributed by atoms with van der Waals surface area (Å²) in [6, 6.07) is 13.6. The Morgan fingerprint density at radius 2 is 1.81 bits per heavy atom. The Morgan fingerprint density at radius 1 is 1.10 bits per heavy atom. The van der Waals surface area contributed by atoms with E-state index >= 15 is 0 Å². The van der Waals surface area contributed by atoms with Crippen LogP contribution in [0, 0.1) is 11.7 Å². The van der Waals surface area contributed by atoms with Gasteiger partial charge >= 0.3 is 5.97 Å². The van der Waals surface area contributed by atoms with E-state index < -0.39 is 17.8 Å². The molecule has 4 rings (SSSR count). The number of aliphatic imine (C=N–C) groups is 1. The Hall–Kier alpha value is -3.28. The van der Waals surface area contributed by atoms with Crippen LogP contribution < -0.4 is 4.74 Å². The van der Waals surface area contributed by atoms with Crippen molar-refractivity contribution < 1.29 is 23.5 Å². The fourth-order valence-corrected chi connectivity index (χ4v) is 4.32. The minimum atomic E-state index is -0.628. The number of carbonyl (C=O) groups excluding carboxylic acids is 2. The molecule has 0 radical (unpaired) electrons. The van der Waals surface area contributed by atoms with Crippen LogP contribution >= 0.6 is 0 Å². The highest BCUT2D eigenvalue weighted by molar-refractivity contribution is 6.08. The Labute approximate surface area is 180 Å². The summed E-state index contributed by atoms with van der Waals surface area (Å²) in [5, 5.41) is 0. The van der Waals surface area contributed by atoms with Gasteiger partial charge in [0.2, 0.25) is 0 Å². The number of methoxy groups -OCH3 is 1. The summed E-state index contributed by atoms with van der Waals surface area (Å²) >= 11 is 0. The molecule has 2 aliphatic rings. The number of esters is 1. The van der Waals surface area contributed by atoms with E-state index in [9.17, 15) is 14.0 Å². The summed E-state index contributed by atoms with van der Waals surface area (Å²) in [7, 11) is 1.35. The van der Waals surface area contributed by atoms with Crippen molar-refractivity contribution in [3.05, 3.63) is 76.7 Å².